The molecule has 0 saturated carbocycles. The van der Waals surface area contributed by atoms with Crippen LogP contribution in [0, 0.1) is 0 Å². The summed E-state index contributed by atoms with van der Waals surface area (Å²) in [6.45, 7) is 4.30. The Morgan fingerprint density at radius 3 is 2.37 bits per heavy atom. The fraction of sp³-hybridized carbons (Fsp3) is 0.182. The summed E-state index contributed by atoms with van der Waals surface area (Å²) >= 11 is 6.74. The van der Waals surface area contributed by atoms with Gasteiger partial charge in [0, 0.05) is 84.1 Å². The lowest BCUT2D eigenvalue weighted by atomic mass is 9.95. The zero-order valence-corrected chi connectivity index (χ0v) is 23.2. The van der Waals surface area contributed by atoms with Gasteiger partial charge in [-0.1, -0.05) is 54.1 Å². The van der Waals surface area contributed by atoms with Gasteiger partial charge in [0.15, 0.2) is 0 Å². The summed E-state index contributed by atoms with van der Waals surface area (Å²) in [5.41, 5.74) is 4.29. The number of carbonyl (C=O) groups excluding carboxylic acids is 1. The highest BCUT2D eigenvalue weighted by Crippen LogP contribution is 2.34. The molecular weight excluding hydrogens is 536 g/mol. The van der Waals surface area contributed by atoms with Crippen molar-refractivity contribution in [3.8, 4) is 11.1 Å². The fourth-order valence-corrected chi connectivity index (χ4v) is 5.57. The van der Waals surface area contributed by atoms with Crippen LogP contribution in [0.2, 0.25) is 5.02 Å². The van der Waals surface area contributed by atoms with E-state index in [1.807, 2.05) is 42.5 Å². The molecular formula is C33H29ClN4O3. The Bertz CT molecular complexity index is 1720. The number of nitrogens with zero attached hydrogens (tertiary/aromatic N) is 3. The van der Waals surface area contributed by atoms with E-state index in [-0.39, 0.29) is 17.9 Å². The summed E-state index contributed by atoms with van der Waals surface area (Å²) in [5.74, 6) is -0.307. The number of hydrogen-bond donors (Lipinski definition) is 1. The fourth-order valence-electron chi connectivity index (χ4n) is 5.36. The maximum Gasteiger partial charge on any atom is 0.340 e. The van der Waals surface area contributed by atoms with E-state index >= 15 is 0 Å². The van der Waals surface area contributed by atoms with Crippen LogP contribution in [-0.4, -0.2) is 42.0 Å². The molecule has 1 saturated heterocycles. The first-order chi connectivity index (χ1) is 20.0. The molecule has 1 aliphatic rings. The predicted octanol–water partition coefficient (Wildman–Crippen LogP) is 6.01. The van der Waals surface area contributed by atoms with Gasteiger partial charge in [0.1, 0.15) is 5.58 Å². The molecule has 3 heterocycles. The topological polar surface area (TPSA) is 78.7 Å². The zero-order valence-electron chi connectivity index (χ0n) is 22.4. The highest BCUT2D eigenvalue weighted by Gasteiger charge is 2.23. The molecule has 2 aromatic heterocycles. The number of amides is 1. The van der Waals surface area contributed by atoms with Crippen molar-refractivity contribution in [3.05, 3.63) is 124 Å². The molecule has 0 unspecified atom stereocenters. The third-order valence-electron chi connectivity index (χ3n) is 7.40. The van der Waals surface area contributed by atoms with Crippen molar-refractivity contribution < 1.29 is 9.21 Å². The molecule has 1 fully saturated rings. The Kier molecular flexibility index (Phi) is 7.80. The molecule has 1 N–H and O–H groups in total. The third-order valence-corrected chi connectivity index (χ3v) is 7.75. The Balaban J connectivity index is 1.32. The number of carbonyl (C=O) groups is 1. The van der Waals surface area contributed by atoms with E-state index in [1.165, 1.54) is 5.69 Å². The minimum atomic E-state index is -0.569. The van der Waals surface area contributed by atoms with E-state index in [0.29, 0.717) is 28.4 Å². The number of anilines is 2. The molecule has 206 valence electrons. The average Bonchev–Trinajstić information content (AvgIpc) is 3.00. The third kappa shape index (κ3) is 6.01. The van der Waals surface area contributed by atoms with Crippen molar-refractivity contribution in [3.63, 3.8) is 0 Å². The Hall–Kier alpha value is -4.46. The van der Waals surface area contributed by atoms with Crippen molar-refractivity contribution in [1.29, 1.82) is 0 Å². The van der Waals surface area contributed by atoms with Crippen LogP contribution in [0.15, 0.2) is 107 Å². The normalized spacial score (nSPS) is 13.8. The maximum atomic E-state index is 13.3. The molecule has 3 aromatic carbocycles. The van der Waals surface area contributed by atoms with Gasteiger partial charge in [0.05, 0.1) is 12.0 Å². The highest BCUT2D eigenvalue weighted by molar-refractivity contribution is 6.32. The van der Waals surface area contributed by atoms with E-state index in [4.69, 9.17) is 16.0 Å². The SMILES string of the molecule is O=C(Cc1c(-c2cccnc2)c2cc(CN3CCN(c4ccccc4)CC3)c(Cl)cc2oc1=O)Nc1ccccc1. The lowest BCUT2D eigenvalue weighted by molar-refractivity contribution is -0.115. The lowest BCUT2D eigenvalue weighted by Gasteiger charge is -2.36. The molecule has 1 aliphatic heterocycles. The van der Waals surface area contributed by atoms with Crippen LogP contribution in [0.25, 0.3) is 22.1 Å². The Labute approximate surface area is 243 Å². The van der Waals surface area contributed by atoms with E-state index < -0.39 is 5.63 Å². The number of pyridine rings is 1. The van der Waals surface area contributed by atoms with Gasteiger partial charge in [-0.3, -0.25) is 14.7 Å². The summed E-state index contributed by atoms with van der Waals surface area (Å²) in [6.07, 6.45) is 3.23. The summed E-state index contributed by atoms with van der Waals surface area (Å²) in [5, 5.41) is 4.13. The first-order valence-electron chi connectivity index (χ1n) is 13.6. The molecule has 0 aliphatic carbocycles. The van der Waals surface area contributed by atoms with Crippen LogP contribution >= 0.6 is 11.6 Å². The van der Waals surface area contributed by atoms with Crippen molar-refractivity contribution in [2.24, 2.45) is 0 Å². The number of fused-ring (bicyclic) bond motifs is 1. The van der Waals surface area contributed by atoms with Crippen LogP contribution in [0.1, 0.15) is 11.1 Å². The van der Waals surface area contributed by atoms with Crippen molar-refractivity contribution in [2.75, 3.05) is 36.4 Å². The summed E-state index contributed by atoms with van der Waals surface area (Å²) < 4.78 is 5.73. The highest BCUT2D eigenvalue weighted by atomic mass is 35.5. The molecule has 0 radical (unpaired) electrons. The van der Waals surface area contributed by atoms with E-state index in [9.17, 15) is 9.59 Å². The second-order valence-electron chi connectivity index (χ2n) is 10.1. The molecule has 8 heteroatoms. The van der Waals surface area contributed by atoms with Gasteiger partial charge in [0.25, 0.3) is 0 Å². The van der Waals surface area contributed by atoms with Crippen LogP contribution in [0.3, 0.4) is 0 Å². The molecule has 0 spiro atoms. The van der Waals surface area contributed by atoms with Crippen LogP contribution in [0.5, 0.6) is 0 Å². The van der Waals surface area contributed by atoms with E-state index in [2.05, 4.69) is 44.4 Å². The van der Waals surface area contributed by atoms with Gasteiger partial charge in [-0.05, 0) is 42.0 Å². The van der Waals surface area contributed by atoms with E-state index in [0.717, 1.165) is 42.7 Å². The van der Waals surface area contributed by atoms with Gasteiger partial charge in [-0.2, -0.15) is 0 Å². The maximum absolute atomic E-state index is 13.3. The van der Waals surface area contributed by atoms with Crippen LogP contribution in [0.4, 0.5) is 11.4 Å². The predicted molar refractivity (Wildman–Crippen MR) is 163 cm³/mol. The van der Waals surface area contributed by atoms with Crippen molar-refractivity contribution >= 4 is 39.9 Å². The molecule has 0 atom stereocenters. The quantitative estimate of drug-likeness (QED) is 0.244. The minimum absolute atomic E-state index is 0.142. The molecule has 41 heavy (non-hydrogen) atoms. The number of halogens is 1. The molecule has 1 amide bonds. The number of aromatic nitrogens is 1. The number of benzene rings is 3. The second-order valence-corrected chi connectivity index (χ2v) is 10.5. The van der Waals surface area contributed by atoms with Gasteiger partial charge < -0.3 is 14.6 Å². The number of rotatable bonds is 7. The lowest BCUT2D eigenvalue weighted by Crippen LogP contribution is -2.46. The Morgan fingerprint density at radius 1 is 0.927 bits per heavy atom. The van der Waals surface area contributed by atoms with Crippen molar-refractivity contribution in [1.82, 2.24) is 9.88 Å². The number of nitrogens with one attached hydrogen (secondary N) is 1. The molecule has 6 rings (SSSR count). The summed E-state index contributed by atoms with van der Waals surface area (Å²) in [7, 11) is 0. The van der Waals surface area contributed by atoms with Gasteiger partial charge in [0.2, 0.25) is 5.91 Å². The summed E-state index contributed by atoms with van der Waals surface area (Å²) in [6, 6.07) is 27.0. The van der Waals surface area contributed by atoms with Crippen LogP contribution < -0.4 is 15.8 Å². The minimum Gasteiger partial charge on any atom is -0.422 e. The largest absolute Gasteiger partial charge is 0.422 e. The molecule has 7 nitrogen and oxygen atoms in total. The average molecular weight is 565 g/mol. The smallest absolute Gasteiger partial charge is 0.340 e. The van der Waals surface area contributed by atoms with Gasteiger partial charge in [-0.25, -0.2) is 4.79 Å². The first-order valence-corrected chi connectivity index (χ1v) is 14.0. The monoisotopic (exact) mass is 564 g/mol. The zero-order chi connectivity index (χ0) is 28.2. The number of hydrogen-bond acceptors (Lipinski definition) is 6. The number of para-hydroxylation sites is 2. The van der Waals surface area contributed by atoms with E-state index in [1.54, 1.807) is 30.6 Å². The van der Waals surface area contributed by atoms with Crippen molar-refractivity contribution in [2.45, 2.75) is 13.0 Å². The van der Waals surface area contributed by atoms with Crippen LogP contribution in [-0.2, 0) is 17.8 Å². The summed E-state index contributed by atoms with van der Waals surface area (Å²) in [4.78, 5) is 35.3. The first kappa shape index (κ1) is 26.7. The van der Waals surface area contributed by atoms with Gasteiger partial charge >= 0.3 is 5.63 Å². The second kappa shape index (κ2) is 12.0. The Morgan fingerprint density at radius 2 is 1.66 bits per heavy atom. The molecule has 0 bridgehead atoms. The molecule has 5 aromatic rings. The standard InChI is InChI=1S/C33H29ClN4O3/c34-29-20-30-27(18-24(29)22-37-14-16-38(17-15-37)26-11-5-2-6-12-26)32(23-8-7-13-35-21-23)28(33(40)41-30)19-31(39)36-25-9-3-1-4-10-25/h1-13,18,20-21H,14-17,19,22H2,(H,36,39). The number of piperazine rings is 1. The van der Waals surface area contributed by atoms with Gasteiger partial charge in [-0.15, -0.1) is 0 Å².